The van der Waals surface area contributed by atoms with E-state index in [1.807, 2.05) is 0 Å². The Kier molecular flexibility index (Phi) is 6.31. The standard InChI is InChI=1S/C21H17F3N4O2/c1-12-5-7-14(10-16(12)23)20(30)28-21(27-18-3-2-4-19(29)26-18)25-11-13-6-8-15(22)17(24)9-13/h2-10H,11H2,1H3,(H3,25,26,27,28,29,30). The van der Waals surface area contributed by atoms with E-state index >= 15 is 0 Å². The first-order valence-electron chi connectivity index (χ1n) is 8.84. The summed E-state index contributed by atoms with van der Waals surface area (Å²) in [5.74, 6) is -3.04. The molecule has 3 aromatic rings. The van der Waals surface area contributed by atoms with Gasteiger partial charge >= 0.3 is 0 Å². The molecule has 0 saturated heterocycles. The van der Waals surface area contributed by atoms with Crippen molar-refractivity contribution in [2.75, 3.05) is 5.32 Å². The van der Waals surface area contributed by atoms with Crippen LogP contribution in [0.15, 0.2) is 64.4 Å². The topological polar surface area (TPSA) is 86.3 Å². The highest BCUT2D eigenvalue weighted by Crippen LogP contribution is 2.11. The highest BCUT2D eigenvalue weighted by Gasteiger charge is 2.12. The predicted octanol–water partition coefficient (Wildman–Crippen LogP) is 3.50. The Morgan fingerprint density at radius 3 is 2.50 bits per heavy atom. The first kappa shape index (κ1) is 20.8. The third kappa shape index (κ3) is 5.34. The maximum Gasteiger partial charge on any atom is 0.258 e. The molecule has 3 rings (SSSR count). The van der Waals surface area contributed by atoms with Gasteiger partial charge in [0.2, 0.25) is 11.5 Å². The number of nitrogens with zero attached hydrogens (tertiary/aromatic N) is 1. The van der Waals surface area contributed by atoms with E-state index in [0.717, 1.165) is 18.2 Å². The quantitative estimate of drug-likeness (QED) is 0.451. The Balaban J connectivity index is 1.85. The summed E-state index contributed by atoms with van der Waals surface area (Å²) in [7, 11) is 0. The summed E-state index contributed by atoms with van der Waals surface area (Å²) in [6.45, 7) is 1.47. The molecule has 0 unspecified atom stereocenters. The molecule has 154 valence electrons. The maximum absolute atomic E-state index is 13.8. The zero-order valence-corrected chi connectivity index (χ0v) is 15.8. The SMILES string of the molecule is Cc1ccc(C(=O)NC(=NCc2ccc(F)c(F)c2)Nc2cccc(=O)[nH]2)cc1F. The van der Waals surface area contributed by atoms with Crippen molar-refractivity contribution in [3.63, 3.8) is 0 Å². The number of halogens is 3. The number of aliphatic imine (C=N–C) groups is 1. The first-order valence-corrected chi connectivity index (χ1v) is 8.84. The minimum atomic E-state index is -1.02. The Morgan fingerprint density at radius 1 is 1.00 bits per heavy atom. The number of hydrogen-bond donors (Lipinski definition) is 3. The minimum absolute atomic E-state index is 0.0574. The number of anilines is 1. The summed E-state index contributed by atoms with van der Waals surface area (Å²) >= 11 is 0. The van der Waals surface area contributed by atoms with Gasteiger partial charge < -0.3 is 10.3 Å². The molecule has 0 saturated carbocycles. The number of carbonyl (C=O) groups is 1. The number of carbonyl (C=O) groups excluding carboxylic acids is 1. The summed E-state index contributed by atoms with van der Waals surface area (Å²) in [6.07, 6.45) is 0. The van der Waals surface area contributed by atoms with E-state index in [-0.39, 0.29) is 29.4 Å². The van der Waals surface area contributed by atoms with Crippen molar-refractivity contribution in [3.05, 3.63) is 99.1 Å². The molecule has 0 fully saturated rings. The van der Waals surface area contributed by atoms with Crippen molar-refractivity contribution in [1.82, 2.24) is 10.3 Å². The van der Waals surface area contributed by atoms with Crippen molar-refractivity contribution in [2.45, 2.75) is 13.5 Å². The third-order valence-corrected chi connectivity index (χ3v) is 4.09. The van der Waals surface area contributed by atoms with Gasteiger partial charge in [0.1, 0.15) is 11.6 Å². The van der Waals surface area contributed by atoms with Crippen LogP contribution in [0.3, 0.4) is 0 Å². The molecule has 0 aliphatic heterocycles. The highest BCUT2D eigenvalue weighted by molar-refractivity contribution is 6.09. The van der Waals surface area contributed by atoms with E-state index in [1.165, 1.54) is 36.4 Å². The third-order valence-electron chi connectivity index (χ3n) is 4.09. The van der Waals surface area contributed by atoms with Crippen LogP contribution >= 0.6 is 0 Å². The van der Waals surface area contributed by atoms with Gasteiger partial charge in [-0.25, -0.2) is 18.2 Å². The molecule has 0 atom stereocenters. The van der Waals surface area contributed by atoms with E-state index in [4.69, 9.17) is 0 Å². The zero-order chi connectivity index (χ0) is 21.7. The average molecular weight is 414 g/mol. The monoisotopic (exact) mass is 414 g/mol. The van der Waals surface area contributed by atoms with Crippen molar-refractivity contribution >= 4 is 17.7 Å². The van der Waals surface area contributed by atoms with Crippen LogP contribution in [0.1, 0.15) is 21.5 Å². The molecule has 30 heavy (non-hydrogen) atoms. The zero-order valence-electron chi connectivity index (χ0n) is 15.8. The van der Waals surface area contributed by atoms with Crippen LogP contribution in [-0.2, 0) is 6.54 Å². The minimum Gasteiger partial charge on any atom is -0.312 e. The number of nitrogens with one attached hydrogen (secondary N) is 3. The van der Waals surface area contributed by atoms with E-state index in [1.54, 1.807) is 6.92 Å². The number of H-pyrrole nitrogens is 1. The van der Waals surface area contributed by atoms with E-state index < -0.39 is 23.4 Å². The number of pyridine rings is 1. The normalized spacial score (nSPS) is 11.3. The predicted molar refractivity (Wildman–Crippen MR) is 107 cm³/mol. The second-order valence-electron chi connectivity index (χ2n) is 6.39. The van der Waals surface area contributed by atoms with Crippen molar-refractivity contribution in [2.24, 2.45) is 4.99 Å². The van der Waals surface area contributed by atoms with Crippen LogP contribution in [0.2, 0.25) is 0 Å². The van der Waals surface area contributed by atoms with Gasteiger partial charge in [-0.1, -0.05) is 18.2 Å². The summed E-state index contributed by atoms with van der Waals surface area (Å²) in [4.78, 5) is 30.7. The fraction of sp³-hybridized carbons (Fsp3) is 0.0952. The molecule has 3 N–H and O–H groups in total. The Labute approximate surface area is 169 Å². The van der Waals surface area contributed by atoms with Crippen LogP contribution < -0.4 is 16.2 Å². The van der Waals surface area contributed by atoms with Crippen molar-refractivity contribution in [3.8, 4) is 0 Å². The number of benzene rings is 2. The fourth-order valence-corrected chi connectivity index (χ4v) is 2.48. The summed E-state index contributed by atoms with van der Waals surface area (Å²) < 4.78 is 40.3. The van der Waals surface area contributed by atoms with Crippen molar-refractivity contribution < 1.29 is 18.0 Å². The molecular formula is C21H17F3N4O2. The second kappa shape index (κ2) is 9.08. The molecule has 1 aromatic heterocycles. The van der Waals surface area contributed by atoms with Crippen LogP contribution in [0, 0.1) is 24.4 Å². The van der Waals surface area contributed by atoms with Gasteiger partial charge in [0.15, 0.2) is 11.6 Å². The van der Waals surface area contributed by atoms with Gasteiger partial charge in [-0.05, 0) is 48.4 Å². The molecule has 6 nitrogen and oxygen atoms in total. The van der Waals surface area contributed by atoms with Gasteiger partial charge in [-0.3, -0.25) is 14.9 Å². The molecule has 2 aromatic carbocycles. The molecule has 1 heterocycles. The van der Waals surface area contributed by atoms with Gasteiger partial charge in [0.25, 0.3) is 5.91 Å². The lowest BCUT2D eigenvalue weighted by atomic mass is 10.1. The number of aromatic amines is 1. The highest BCUT2D eigenvalue weighted by atomic mass is 19.2. The fourth-order valence-electron chi connectivity index (χ4n) is 2.48. The lowest BCUT2D eigenvalue weighted by molar-refractivity contribution is 0.0976. The first-order chi connectivity index (χ1) is 14.3. The smallest absolute Gasteiger partial charge is 0.258 e. The molecule has 0 radical (unpaired) electrons. The summed E-state index contributed by atoms with van der Waals surface area (Å²) in [6, 6.07) is 11.6. The average Bonchev–Trinajstić information content (AvgIpc) is 2.70. The van der Waals surface area contributed by atoms with E-state index in [9.17, 15) is 22.8 Å². The van der Waals surface area contributed by atoms with Crippen LogP contribution in [-0.4, -0.2) is 16.9 Å². The van der Waals surface area contributed by atoms with E-state index in [2.05, 4.69) is 20.6 Å². The Bertz CT molecular complexity index is 1170. The molecule has 1 amide bonds. The molecule has 0 aliphatic carbocycles. The number of aromatic nitrogens is 1. The largest absolute Gasteiger partial charge is 0.312 e. The van der Waals surface area contributed by atoms with E-state index in [0.29, 0.717) is 11.1 Å². The van der Waals surface area contributed by atoms with Crippen LogP contribution in [0.5, 0.6) is 0 Å². The number of amides is 1. The summed E-state index contributed by atoms with van der Waals surface area (Å²) in [5, 5.41) is 5.23. The van der Waals surface area contributed by atoms with Gasteiger partial charge in [-0.15, -0.1) is 0 Å². The lowest BCUT2D eigenvalue weighted by Gasteiger charge is -2.12. The number of rotatable bonds is 4. The van der Waals surface area contributed by atoms with Crippen LogP contribution in [0.25, 0.3) is 0 Å². The molecule has 9 heteroatoms. The second-order valence-corrected chi connectivity index (χ2v) is 6.39. The molecule has 0 bridgehead atoms. The van der Waals surface area contributed by atoms with Crippen LogP contribution in [0.4, 0.5) is 19.0 Å². The number of guanidine groups is 1. The molecule has 0 spiro atoms. The number of aryl methyl sites for hydroxylation is 1. The molecular weight excluding hydrogens is 397 g/mol. The Morgan fingerprint density at radius 2 is 1.80 bits per heavy atom. The lowest BCUT2D eigenvalue weighted by Crippen LogP contribution is -2.36. The van der Waals surface area contributed by atoms with Gasteiger partial charge in [0.05, 0.1) is 6.54 Å². The van der Waals surface area contributed by atoms with Gasteiger partial charge in [0, 0.05) is 11.6 Å². The number of hydrogen-bond acceptors (Lipinski definition) is 3. The summed E-state index contributed by atoms with van der Waals surface area (Å²) in [5.41, 5.74) is 0.415. The van der Waals surface area contributed by atoms with Gasteiger partial charge in [-0.2, -0.15) is 0 Å². The maximum atomic E-state index is 13.8. The van der Waals surface area contributed by atoms with Crippen molar-refractivity contribution in [1.29, 1.82) is 0 Å². The molecule has 0 aliphatic rings. The Hall–Kier alpha value is -3.88.